The van der Waals surface area contributed by atoms with Gasteiger partial charge in [-0.2, -0.15) is 27.4 Å². The normalized spacial score (nSPS) is 17.8. The molecule has 2 aromatic carbocycles. The highest BCUT2D eigenvalue weighted by Gasteiger charge is 2.62. The van der Waals surface area contributed by atoms with Crippen LogP contribution in [0.15, 0.2) is 42.5 Å². The highest BCUT2D eigenvalue weighted by atomic mass is 32.2. The number of fused-ring (bicyclic) bond motifs is 4. The number of nitrogens with one attached hydrogen (secondary N) is 2. The number of carbonyl (C=O) groups is 1. The highest BCUT2D eigenvalue weighted by molar-refractivity contribution is 7.90. The van der Waals surface area contributed by atoms with E-state index in [0.29, 0.717) is 38.3 Å². The Morgan fingerprint density at radius 2 is 1.75 bits per heavy atom. The summed E-state index contributed by atoms with van der Waals surface area (Å²) in [6.45, 7) is 3.68. The largest absolute Gasteiger partial charge is 0.378 e. The molecule has 19 heteroatoms. The van der Waals surface area contributed by atoms with Crippen molar-refractivity contribution in [2.45, 2.75) is 76.5 Å². The molecule has 0 radical (unpaired) electrons. The molecule has 3 heterocycles. The maximum Gasteiger partial charge on any atom is 0.297 e. The smallest absolute Gasteiger partial charge is 0.297 e. The predicted molar refractivity (Wildman–Crippen MR) is 196 cm³/mol. The fourth-order valence-corrected chi connectivity index (χ4v) is 8.17. The first-order valence-corrected chi connectivity index (χ1v) is 19.2. The van der Waals surface area contributed by atoms with Gasteiger partial charge in [-0.3, -0.25) is 18.9 Å². The zero-order valence-electron chi connectivity index (χ0n) is 30.8. The molecule has 0 aliphatic heterocycles. The number of aromatic nitrogens is 5. The maximum atomic E-state index is 15.6. The summed E-state index contributed by atoms with van der Waals surface area (Å²) in [7, 11) is -2.73. The number of hydrogen-bond acceptors (Lipinski definition) is 7. The molecule has 3 aromatic heterocycles. The maximum absolute atomic E-state index is 15.6. The molecule has 0 bridgehead atoms. The van der Waals surface area contributed by atoms with Crippen LogP contribution < -0.4 is 15.2 Å². The first-order chi connectivity index (χ1) is 26.6. The van der Waals surface area contributed by atoms with Crippen molar-refractivity contribution in [3.63, 3.8) is 0 Å². The van der Waals surface area contributed by atoms with Crippen LogP contribution in [0.1, 0.15) is 84.5 Å². The molecule has 1 amide bonds. The van der Waals surface area contributed by atoms with Gasteiger partial charge in [0.2, 0.25) is 5.91 Å². The lowest BCUT2D eigenvalue weighted by molar-refractivity contribution is -0.123. The average Bonchev–Trinajstić information content (AvgIpc) is 3.63. The van der Waals surface area contributed by atoms with Crippen molar-refractivity contribution < 1.29 is 44.7 Å². The Labute approximate surface area is 322 Å². The van der Waals surface area contributed by atoms with Gasteiger partial charge in [0.15, 0.2) is 5.82 Å². The Balaban J connectivity index is 1.39. The van der Waals surface area contributed by atoms with Crippen molar-refractivity contribution in [2.24, 2.45) is 18.1 Å². The Kier molecular flexibility index (Phi) is 9.90. The molecule has 5 N–H and O–H groups in total. The SMILES string of the molecule is Cc1ccc(-c2ccc(C#CC(C)(C)O)nc2[C@H](Cc2cc(F)cc(F)c2)NC(=O)Cn2nc(C(F)F)c3c2C(F)(F)[C@@H]2CC[C@H]32)c2c1c(NS(N)(=O)=O)nn2C. The third-order valence-electron chi connectivity index (χ3n) is 10.1. The van der Waals surface area contributed by atoms with Crippen LogP contribution in [0.5, 0.6) is 0 Å². The number of nitrogens with two attached hydrogens (primary N) is 1. The van der Waals surface area contributed by atoms with E-state index in [1.807, 2.05) is 0 Å². The number of aryl methyl sites for hydroxylation is 2. The Morgan fingerprint density at radius 3 is 2.37 bits per heavy atom. The molecule has 5 aromatic rings. The molecule has 0 saturated heterocycles. The molecule has 7 rings (SSSR count). The summed E-state index contributed by atoms with van der Waals surface area (Å²) in [6, 6.07) is 7.85. The fraction of sp³-hybridized carbons (Fsp3) is 0.368. The summed E-state index contributed by atoms with van der Waals surface area (Å²) in [5, 5.41) is 26.8. The van der Waals surface area contributed by atoms with E-state index in [1.54, 1.807) is 32.2 Å². The monoisotopic (exact) mass is 814 g/mol. The lowest BCUT2D eigenvalue weighted by Crippen LogP contribution is -2.36. The van der Waals surface area contributed by atoms with Gasteiger partial charge in [0.05, 0.1) is 17.3 Å². The number of nitrogens with zero attached hydrogens (tertiary/aromatic N) is 5. The van der Waals surface area contributed by atoms with E-state index in [0.717, 1.165) is 12.1 Å². The Hall–Kier alpha value is -5.45. The number of halogens is 6. The summed E-state index contributed by atoms with van der Waals surface area (Å²) < 4.78 is 117. The van der Waals surface area contributed by atoms with E-state index in [4.69, 9.17) is 10.1 Å². The molecule has 2 aliphatic carbocycles. The van der Waals surface area contributed by atoms with Gasteiger partial charge >= 0.3 is 0 Å². The zero-order valence-corrected chi connectivity index (χ0v) is 31.7. The number of amides is 1. The second-order valence-corrected chi connectivity index (χ2v) is 16.1. The van der Waals surface area contributed by atoms with Crippen LogP contribution in [0, 0.1) is 36.3 Å². The number of pyridine rings is 1. The second-order valence-electron chi connectivity index (χ2n) is 14.8. The van der Waals surface area contributed by atoms with Crippen LogP contribution >= 0.6 is 0 Å². The minimum Gasteiger partial charge on any atom is -0.378 e. The predicted octanol–water partition coefficient (Wildman–Crippen LogP) is 5.79. The molecule has 1 saturated carbocycles. The summed E-state index contributed by atoms with van der Waals surface area (Å²) in [6.07, 6.45) is -3.11. The number of hydrogen-bond donors (Lipinski definition) is 4. The summed E-state index contributed by atoms with van der Waals surface area (Å²) in [4.78, 5) is 18.7. The average molecular weight is 815 g/mol. The third kappa shape index (κ3) is 7.68. The molecular formula is C38H36F6N8O4S. The molecule has 57 heavy (non-hydrogen) atoms. The van der Waals surface area contributed by atoms with Gasteiger partial charge in [-0.1, -0.05) is 18.1 Å². The van der Waals surface area contributed by atoms with Crippen LogP contribution in [0.4, 0.5) is 32.2 Å². The van der Waals surface area contributed by atoms with Gasteiger partial charge in [0.25, 0.3) is 22.6 Å². The van der Waals surface area contributed by atoms with Crippen LogP contribution in [0.25, 0.3) is 22.0 Å². The summed E-state index contributed by atoms with van der Waals surface area (Å²) in [5.74, 6) is -3.02. The van der Waals surface area contributed by atoms with E-state index in [1.165, 1.54) is 24.6 Å². The lowest BCUT2D eigenvalue weighted by atomic mass is 9.73. The van der Waals surface area contributed by atoms with E-state index in [2.05, 4.69) is 32.1 Å². The number of anilines is 1. The van der Waals surface area contributed by atoms with Gasteiger partial charge in [-0.15, -0.1) is 0 Å². The molecular weight excluding hydrogens is 779 g/mol. The van der Waals surface area contributed by atoms with Gasteiger partial charge < -0.3 is 10.4 Å². The lowest BCUT2D eigenvalue weighted by Gasteiger charge is -2.34. The Morgan fingerprint density at radius 1 is 1.07 bits per heavy atom. The quantitative estimate of drug-likeness (QED) is 0.102. The number of aliphatic hydroxyl groups is 1. The van der Waals surface area contributed by atoms with E-state index < -0.39 is 81.5 Å². The van der Waals surface area contributed by atoms with Crippen LogP contribution in [0.2, 0.25) is 0 Å². The van der Waals surface area contributed by atoms with Crippen molar-refractivity contribution in [3.05, 3.63) is 93.6 Å². The molecule has 0 unspecified atom stereocenters. The van der Waals surface area contributed by atoms with Crippen LogP contribution in [-0.2, 0) is 40.9 Å². The van der Waals surface area contributed by atoms with E-state index in [-0.39, 0.29) is 47.6 Å². The highest BCUT2D eigenvalue weighted by Crippen LogP contribution is 2.63. The standard InChI is InChI=1S/C38H36F6N8O4S/c1-18-5-7-24(33-29(18)36(49-51(33)4)50-57(45,55)56)23-8-6-22(11-12-37(2,3)54)46-31(23)27(15-19-13-20(39)16-21(40)14-19)47-28(53)17-52-34-30(32(48-52)35(41)42)25-9-10-26(25)38(34,43)44/h5-8,13-14,16,25-27,35,54H,9-10,15,17H2,1-4H3,(H,47,53)(H,49,50)(H2,45,55,56)/t25-,26+,27-/m0/s1. The zero-order chi connectivity index (χ0) is 41.4. The molecule has 3 atom stereocenters. The fourth-order valence-electron chi connectivity index (χ4n) is 7.75. The first kappa shape index (κ1) is 39.8. The van der Waals surface area contributed by atoms with Gasteiger partial charge in [-0.05, 0) is 87.3 Å². The van der Waals surface area contributed by atoms with Crippen LogP contribution in [-0.4, -0.2) is 49.6 Å². The van der Waals surface area contributed by atoms with Gasteiger partial charge in [0, 0.05) is 41.1 Å². The number of carbonyl (C=O) groups excluding carboxylic acids is 1. The minimum atomic E-state index is -4.27. The Bertz CT molecular complexity index is 2610. The van der Waals surface area contributed by atoms with Crippen LogP contribution in [0.3, 0.4) is 0 Å². The van der Waals surface area contributed by atoms with Gasteiger partial charge in [-0.25, -0.2) is 27.7 Å². The van der Waals surface area contributed by atoms with E-state index >= 15 is 8.78 Å². The molecule has 2 aliphatic rings. The molecule has 300 valence electrons. The molecule has 1 fully saturated rings. The van der Waals surface area contributed by atoms with Crippen molar-refractivity contribution in [1.82, 2.24) is 29.9 Å². The van der Waals surface area contributed by atoms with Gasteiger partial charge in [0.1, 0.15) is 40.9 Å². The third-order valence-corrected chi connectivity index (χ3v) is 10.6. The second kappa shape index (κ2) is 14.2. The van der Waals surface area contributed by atoms with Crippen molar-refractivity contribution in [2.75, 3.05) is 4.72 Å². The number of benzene rings is 2. The molecule has 12 nitrogen and oxygen atoms in total. The summed E-state index contributed by atoms with van der Waals surface area (Å²) >= 11 is 0. The van der Waals surface area contributed by atoms with Crippen molar-refractivity contribution >= 4 is 32.8 Å². The summed E-state index contributed by atoms with van der Waals surface area (Å²) in [5.41, 5.74) is -1.41. The molecule has 0 spiro atoms. The van der Waals surface area contributed by atoms with Crippen molar-refractivity contribution in [1.29, 1.82) is 0 Å². The topological polar surface area (TPSA) is 170 Å². The minimum absolute atomic E-state index is 0.0465. The van der Waals surface area contributed by atoms with Crippen molar-refractivity contribution in [3.8, 4) is 23.0 Å². The van der Waals surface area contributed by atoms with E-state index in [9.17, 15) is 35.9 Å². The number of alkyl halides is 4. The first-order valence-electron chi connectivity index (χ1n) is 17.7. The number of rotatable bonds is 10.